The second-order valence-corrected chi connectivity index (χ2v) is 10.2. The number of nitrogens with zero attached hydrogens (tertiary/aromatic N) is 1. The second kappa shape index (κ2) is 12.2. The van der Waals surface area contributed by atoms with E-state index in [-0.39, 0.29) is 60.3 Å². The number of methoxy groups -OCH3 is 1. The normalized spacial score (nSPS) is 40.9. The van der Waals surface area contributed by atoms with Crippen LogP contribution in [0.4, 0.5) is 4.39 Å². The molecule has 0 aromatic rings. The highest BCUT2D eigenvalue weighted by Gasteiger charge is 2.44. The van der Waals surface area contributed by atoms with Crippen LogP contribution in [0.15, 0.2) is 0 Å². The molecule has 4 fully saturated rings. The van der Waals surface area contributed by atoms with Gasteiger partial charge in [0.05, 0.1) is 30.3 Å². The molecule has 0 aromatic carbocycles. The molecule has 200 valence electrons. The third kappa shape index (κ3) is 6.12. The Hall–Kier alpha value is -1.41. The van der Waals surface area contributed by atoms with Crippen molar-refractivity contribution < 1.29 is 18.7 Å². The average Bonchev–Trinajstić information content (AvgIpc) is 3.38. The summed E-state index contributed by atoms with van der Waals surface area (Å²) < 4.78 is 19.7. The lowest BCUT2D eigenvalue weighted by molar-refractivity contribution is -0.127. The lowest BCUT2D eigenvalue weighted by Gasteiger charge is -2.47. The fraction of sp³-hybridized carbons (Fsp3) is 0.913. The number of amides is 2. The zero-order chi connectivity index (χ0) is 24.9. The van der Waals surface area contributed by atoms with Gasteiger partial charge in [0.25, 0.3) is 0 Å². The van der Waals surface area contributed by atoms with E-state index in [1.54, 1.807) is 21.2 Å². The highest BCUT2D eigenvalue weighted by atomic mass is 19.1. The van der Waals surface area contributed by atoms with Crippen LogP contribution in [-0.4, -0.2) is 108 Å². The van der Waals surface area contributed by atoms with E-state index in [4.69, 9.17) is 4.74 Å². The number of nitrogens with one attached hydrogen (secondary N) is 7. The van der Waals surface area contributed by atoms with Gasteiger partial charge in [-0.05, 0) is 19.3 Å². The monoisotopic (exact) mass is 498 g/mol. The molecule has 7 atom stereocenters. The van der Waals surface area contributed by atoms with Gasteiger partial charge in [-0.3, -0.25) is 41.1 Å². The molecular weight excluding hydrogens is 455 g/mol. The van der Waals surface area contributed by atoms with Crippen LogP contribution in [0.25, 0.3) is 0 Å². The first kappa shape index (κ1) is 26.6. The maximum atomic E-state index is 13.6. The molecule has 12 heteroatoms. The molecule has 0 radical (unpaired) electrons. The third-order valence-electron chi connectivity index (χ3n) is 8.14. The smallest absolute Gasteiger partial charge is 0.227 e. The minimum absolute atomic E-state index is 0.00580. The predicted molar refractivity (Wildman–Crippen MR) is 130 cm³/mol. The van der Waals surface area contributed by atoms with Gasteiger partial charge in [0.1, 0.15) is 12.5 Å². The first-order valence-corrected chi connectivity index (χ1v) is 13.0. The number of alkyl halides is 1. The van der Waals surface area contributed by atoms with Crippen molar-refractivity contribution in [1.82, 2.24) is 42.1 Å². The summed E-state index contributed by atoms with van der Waals surface area (Å²) in [5, 5.41) is 22.9. The van der Waals surface area contributed by atoms with Crippen molar-refractivity contribution in [3.63, 3.8) is 0 Å². The fourth-order valence-electron chi connectivity index (χ4n) is 6.23. The van der Waals surface area contributed by atoms with E-state index in [0.29, 0.717) is 26.2 Å². The number of likely N-dealkylation sites (tertiary alicyclic amines) is 1. The van der Waals surface area contributed by atoms with Gasteiger partial charge in [0.15, 0.2) is 0 Å². The van der Waals surface area contributed by atoms with Crippen molar-refractivity contribution in [2.45, 2.75) is 62.6 Å². The van der Waals surface area contributed by atoms with Gasteiger partial charge >= 0.3 is 0 Å². The SMILES string of the molecule is CNC(=O)C1CNC(N2CC[C@@H](C(=O)NC)C2)NC1NC1CCCC(C2NCC(F)CN2)C1OC. The number of ether oxygens (including phenoxy) is 1. The molecule has 1 saturated carbocycles. The topological polar surface area (TPSA) is 131 Å². The maximum Gasteiger partial charge on any atom is 0.227 e. The highest BCUT2D eigenvalue weighted by molar-refractivity contribution is 5.79. The van der Waals surface area contributed by atoms with Crippen LogP contribution in [0.1, 0.15) is 25.7 Å². The number of halogens is 1. The van der Waals surface area contributed by atoms with Crippen LogP contribution in [0.5, 0.6) is 0 Å². The molecular formula is C23H43FN8O3. The Morgan fingerprint density at radius 2 is 1.74 bits per heavy atom. The van der Waals surface area contributed by atoms with Crippen molar-refractivity contribution in [2.75, 3.05) is 53.9 Å². The Kier molecular flexibility index (Phi) is 9.30. The van der Waals surface area contributed by atoms with Gasteiger partial charge < -0.3 is 15.4 Å². The van der Waals surface area contributed by atoms with E-state index < -0.39 is 6.17 Å². The molecule has 11 nitrogen and oxygen atoms in total. The molecule has 0 spiro atoms. The van der Waals surface area contributed by atoms with Crippen LogP contribution in [-0.2, 0) is 14.3 Å². The molecule has 35 heavy (non-hydrogen) atoms. The maximum absolute atomic E-state index is 13.6. The van der Waals surface area contributed by atoms with Crippen molar-refractivity contribution >= 4 is 11.8 Å². The quantitative estimate of drug-likeness (QED) is 0.210. The molecule has 3 saturated heterocycles. The molecule has 3 heterocycles. The van der Waals surface area contributed by atoms with Crippen LogP contribution in [0.2, 0.25) is 0 Å². The minimum Gasteiger partial charge on any atom is -0.379 e. The molecule has 3 aliphatic heterocycles. The van der Waals surface area contributed by atoms with Crippen molar-refractivity contribution in [3.05, 3.63) is 0 Å². The summed E-state index contributed by atoms with van der Waals surface area (Å²) in [5.41, 5.74) is 0. The van der Waals surface area contributed by atoms with Gasteiger partial charge in [-0.15, -0.1) is 0 Å². The van der Waals surface area contributed by atoms with E-state index in [2.05, 4.69) is 42.1 Å². The lowest BCUT2D eigenvalue weighted by Crippen LogP contribution is -2.72. The van der Waals surface area contributed by atoms with E-state index in [1.165, 1.54) is 0 Å². The number of rotatable bonds is 7. The Labute approximate surface area is 207 Å². The lowest BCUT2D eigenvalue weighted by atomic mass is 9.80. The van der Waals surface area contributed by atoms with Gasteiger partial charge in [-0.25, -0.2) is 4.39 Å². The Balaban J connectivity index is 1.43. The summed E-state index contributed by atoms with van der Waals surface area (Å²) in [7, 11) is 5.07. The summed E-state index contributed by atoms with van der Waals surface area (Å²) in [6, 6.07) is 0.0473. The summed E-state index contributed by atoms with van der Waals surface area (Å²) in [5.74, 6) is -0.0904. The largest absolute Gasteiger partial charge is 0.379 e. The Morgan fingerprint density at radius 1 is 1.00 bits per heavy atom. The number of hydrogen-bond acceptors (Lipinski definition) is 9. The van der Waals surface area contributed by atoms with Crippen LogP contribution < -0.4 is 37.2 Å². The zero-order valence-electron chi connectivity index (χ0n) is 21.1. The standard InChI is InChI=1S/C23H43FN8O3/c1-25-21(33)13-7-8-32(12-13)23-29-11-16(22(34)26-2)20(31-23)30-17-6-4-5-15(18(17)35-3)19-27-9-14(24)10-28-19/h13-20,23,27-31H,4-12H2,1-3H3,(H,25,33)(H,26,34)/t13-,14?,15?,16?,17?,18?,19?,20?,23?/m1/s1. The van der Waals surface area contributed by atoms with Gasteiger partial charge in [0.2, 0.25) is 11.8 Å². The number of carbonyl (C=O) groups is 2. The first-order valence-electron chi connectivity index (χ1n) is 13.0. The molecule has 7 N–H and O–H groups in total. The van der Waals surface area contributed by atoms with Crippen LogP contribution in [0.3, 0.4) is 0 Å². The molecule has 0 aromatic heterocycles. The average molecular weight is 499 g/mol. The van der Waals surface area contributed by atoms with Crippen molar-refractivity contribution in [3.8, 4) is 0 Å². The highest BCUT2D eigenvalue weighted by Crippen LogP contribution is 2.30. The summed E-state index contributed by atoms with van der Waals surface area (Å²) in [6.07, 6.45) is 2.44. The third-order valence-corrected chi connectivity index (χ3v) is 8.14. The predicted octanol–water partition coefficient (Wildman–Crippen LogP) is -2.15. The summed E-state index contributed by atoms with van der Waals surface area (Å²) in [4.78, 5) is 27.1. The second-order valence-electron chi connectivity index (χ2n) is 10.2. The Bertz CT molecular complexity index is 725. The van der Waals surface area contributed by atoms with E-state index >= 15 is 0 Å². The number of carbonyl (C=O) groups excluding carboxylic acids is 2. The minimum atomic E-state index is -0.873. The van der Waals surface area contributed by atoms with Crippen LogP contribution in [0, 0.1) is 17.8 Å². The molecule has 6 unspecified atom stereocenters. The van der Waals surface area contributed by atoms with Crippen molar-refractivity contribution in [2.24, 2.45) is 17.8 Å². The fourth-order valence-corrected chi connectivity index (χ4v) is 6.23. The molecule has 2 amide bonds. The summed E-state index contributed by atoms with van der Waals surface area (Å²) >= 11 is 0. The summed E-state index contributed by atoms with van der Waals surface area (Å²) in [6.45, 7) is 2.70. The molecule has 1 aliphatic carbocycles. The zero-order valence-corrected chi connectivity index (χ0v) is 21.1. The van der Waals surface area contributed by atoms with Gasteiger partial charge in [-0.2, -0.15) is 0 Å². The number of hydrogen-bond donors (Lipinski definition) is 7. The van der Waals surface area contributed by atoms with E-state index in [9.17, 15) is 14.0 Å². The van der Waals surface area contributed by atoms with E-state index in [1.807, 2.05) is 0 Å². The Morgan fingerprint density at radius 3 is 2.43 bits per heavy atom. The first-order chi connectivity index (χ1) is 16.9. The van der Waals surface area contributed by atoms with Crippen LogP contribution >= 0.6 is 0 Å². The molecule has 0 bridgehead atoms. The van der Waals surface area contributed by atoms with Gasteiger partial charge in [0, 0.05) is 65.9 Å². The molecule has 4 rings (SSSR count). The van der Waals surface area contributed by atoms with Gasteiger partial charge in [-0.1, -0.05) is 6.42 Å². The molecule has 4 aliphatic rings. The van der Waals surface area contributed by atoms with E-state index in [0.717, 1.165) is 32.2 Å². The van der Waals surface area contributed by atoms with Crippen molar-refractivity contribution in [1.29, 1.82) is 0 Å².